The number of aryl methyl sites for hydroxylation is 1. The highest BCUT2D eigenvalue weighted by atomic mass is 16.5. The summed E-state index contributed by atoms with van der Waals surface area (Å²) in [4.78, 5) is 23.1. The van der Waals surface area contributed by atoms with Crippen LogP contribution in [0.5, 0.6) is 0 Å². The second-order valence-corrected chi connectivity index (χ2v) is 3.47. The summed E-state index contributed by atoms with van der Waals surface area (Å²) in [5.74, 6) is -0.577. The van der Waals surface area contributed by atoms with E-state index in [4.69, 9.17) is 5.73 Å². The molecule has 1 aromatic heterocycles. The molecule has 0 atom stereocenters. The van der Waals surface area contributed by atoms with E-state index >= 15 is 0 Å². The summed E-state index contributed by atoms with van der Waals surface area (Å²) in [7, 11) is 2.74. The zero-order chi connectivity index (χ0) is 12.6. The summed E-state index contributed by atoms with van der Waals surface area (Å²) in [5.41, 5.74) is 6.02. The van der Waals surface area contributed by atoms with E-state index < -0.39 is 5.97 Å². The molecule has 0 spiro atoms. The van der Waals surface area contributed by atoms with Crippen LogP contribution >= 0.6 is 0 Å². The summed E-state index contributed by atoms with van der Waals surface area (Å²) in [6.07, 6.45) is 0. The van der Waals surface area contributed by atoms with E-state index in [1.54, 1.807) is 0 Å². The molecule has 0 bridgehead atoms. The number of fused-ring (bicyclic) bond motifs is 1. The molecule has 0 saturated carbocycles. The largest absolute Gasteiger partial charge is 0.465 e. The molecule has 88 valence electrons. The highest BCUT2D eigenvalue weighted by Gasteiger charge is 2.13. The number of hydrogen-bond acceptors (Lipinski definition) is 6. The van der Waals surface area contributed by atoms with Crippen molar-refractivity contribution in [3.05, 3.63) is 28.0 Å². The van der Waals surface area contributed by atoms with Crippen molar-refractivity contribution in [3.63, 3.8) is 0 Å². The Kier molecular flexibility index (Phi) is 2.51. The number of ether oxygens (including phenoxy) is 1. The molecule has 0 saturated heterocycles. The van der Waals surface area contributed by atoms with Gasteiger partial charge in [0.25, 0.3) is 5.56 Å². The number of hydrogen-bond donors (Lipinski definition) is 1. The maximum absolute atomic E-state index is 11.7. The van der Waals surface area contributed by atoms with Gasteiger partial charge in [-0.1, -0.05) is 5.21 Å². The van der Waals surface area contributed by atoms with Gasteiger partial charge in [0, 0.05) is 12.7 Å². The minimum Gasteiger partial charge on any atom is -0.465 e. The van der Waals surface area contributed by atoms with Gasteiger partial charge in [0.05, 0.1) is 18.1 Å². The standard InChI is InChI=1S/C10H10N4O3/c1-14-9(15)6-3-7(11)5(10(16)17-2)4-8(6)12-13-14/h3-4H,11H2,1-2H3. The van der Waals surface area contributed by atoms with Gasteiger partial charge in [0.15, 0.2) is 0 Å². The Morgan fingerprint density at radius 2 is 2.18 bits per heavy atom. The van der Waals surface area contributed by atoms with E-state index in [-0.39, 0.29) is 16.8 Å². The van der Waals surface area contributed by atoms with Gasteiger partial charge in [0.1, 0.15) is 5.52 Å². The van der Waals surface area contributed by atoms with Crippen molar-refractivity contribution in [2.75, 3.05) is 12.8 Å². The van der Waals surface area contributed by atoms with E-state index in [1.807, 2.05) is 0 Å². The lowest BCUT2D eigenvalue weighted by Crippen LogP contribution is -2.21. The molecule has 1 heterocycles. The third-order valence-electron chi connectivity index (χ3n) is 2.38. The van der Waals surface area contributed by atoms with Gasteiger partial charge in [-0.2, -0.15) is 0 Å². The predicted octanol–water partition coefficient (Wildman–Crippen LogP) is -0.303. The Hall–Kier alpha value is -2.44. The first-order chi connectivity index (χ1) is 8.04. The predicted molar refractivity (Wildman–Crippen MR) is 60.5 cm³/mol. The number of benzene rings is 1. The molecule has 7 heteroatoms. The van der Waals surface area contributed by atoms with E-state index in [1.165, 1.54) is 26.3 Å². The Labute approximate surface area is 95.8 Å². The monoisotopic (exact) mass is 234 g/mol. The van der Waals surface area contributed by atoms with Crippen LogP contribution in [0.2, 0.25) is 0 Å². The van der Waals surface area contributed by atoms with Gasteiger partial charge in [-0.15, -0.1) is 5.10 Å². The van der Waals surface area contributed by atoms with Crippen molar-refractivity contribution in [2.45, 2.75) is 0 Å². The fourth-order valence-corrected chi connectivity index (χ4v) is 1.48. The van der Waals surface area contributed by atoms with Crippen molar-refractivity contribution < 1.29 is 9.53 Å². The smallest absolute Gasteiger partial charge is 0.340 e. The Bertz CT molecular complexity index is 662. The van der Waals surface area contributed by atoms with Crippen molar-refractivity contribution in [1.82, 2.24) is 15.0 Å². The zero-order valence-electron chi connectivity index (χ0n) is 9.30. The first kappa shape index (κ1) is 11.1. The molecule has 7 nitrogen and oxygen atoms in total. The number of methoxy groups -OCH3 is 1. The Morgan fingerprint density at radius 3 is 2.82 bits per heavy atom. The highest BCUT2D eigenvalue weighted by Crippen LogP contribution is 2.18. The number of anilines is 1. The second-order valence-electron chi connectivity index (χ2n) is 3.47. The lowest BCUT2D eigenvalue weighted by Gasteiger charge is -2.05. The molecule has 2 N–H and O–H groups in total. The molecule has 0 aliphatic rings. The van der Waals surface area contributed by atoms with Crippen LogP contribution in [0.1, 0.15) is 10.4 Å². The van der Waals surface area contributed by atoms with Crippen molar-refractivity contribution >= 4 is 22.6 Å². The van der Waals surface area contributed by atoms with E-state index in [9.17, 15) is 9.59 Å². The highest BCUT2D eigenvalue weighted by molar-refractivity contribution is 5.99. The lowest BCUT2D eigenvalue weighted by atomic mass is 10.1. The molecule has 1 aromatic carbocycles. The molecular weight excluding hydrogens is 224 g/mol. The van der Waals surface area contributed by atoms with Crippen LogP contribution in [-0.2, 0) is 11.8 Å². The van der Waals surface area contributed by atoms with Crippen molar-refractivity contribution in [1.29, 1.82) is 0 Å². The quantitative estimate of drug-likeness (QED) is 0.537. The summed E-state index contributed by atoms with van der Waals surface area (Å²) >= 11 is 0. The molecule has 0 radical (unpaired) electrons. The maximum atomic E-state index is 11.7. The number of nitrogen functional groups attached to an aromatic ring is 1. The maximum Gasteiger partial charge on any atom is 0.340 e. The zero-order valence-corrected chi connectivity index (χ0v) is 9.30. The number of aromatic nitrogens is 3. The molecule has 2 aromatic rings. The van der Waals surface area contributed by atoms with Gasteiger partial charge in [0.2, 0.25) is 0 Å². The topological polar surface area (TPSA) is 100 Å². The van der Waals surface area contributed by atoms with E-state index in [0.717, 1.165) is 4.68 Å². The Balaban J connectivity index is 2.80. The summed E-state index contributed by atoms with van der Waals surface area (Å²) in [6.45, 7) is 0. The number of carbonyl (C=O) groups excluding carboxylic acids is 1. The van der Waals surface area contributed by atoms with Gasteiger partial charge in [-0.05, 0) is 12.1 Å². The number of rotatable bonds is 1. The van der Waals surface area contributed by atoms with Gasteiger partial charge < -0.3 is 10.5 Å². The average Bonchev–Trinajstić information content (AvgIpc) is 2.33. The summed E-state index contributed by atoms with van der Waals surface area (Å²) < 4.78 is 5.67. The average molecular weight is 234 g/mol. The molecule has 0 aliphatic heterocycles. The van der Waals surface area contributed by atoms with Crippen LogP contribution < -0.4 is 11.3 Å². The fourth-order valence-electron chi connectivity index (χ4n) is 1.48. The first-order valence-electron chi connectivity index (χ1n) is 4.76. The Morgan fingerprint density at radius 1 is 1.47 bits per heavy atom. The number of nitrogens with two attached hydrogens (primary N) is 1. The minimum atomic E-state index is -0.577. The van der Waals surface area contributed by atoms with Gasteiger partial charge >= 0.3 is 5.97 Å². The molecule has 0 unspecified atom stereocenters. The van der Waals surface area contributed by atoms with E-state index in [2.05, 4.69) is 15.0 Å². The van der Waals surface area contributed by atoms with Crippen LogP contribution in [0.4, 0.5) is 5.69 Å². The van der Waals surface area contributed by atoms with Crippen LogP contribution in [0.15, 0.2) is 16.9 Å². The molecule has 2 rings (SSSR count). The minimum absolute atomic E-state index is 0.169. The normalized spacial score (nSPS) is 10.5. The lowest BCUT2D eigenvalue weighted by molar-refractivity contribution is 0.0602. The van der Waals surface area contributed by atoms with E-state index in [0.29, 0.717) is 10.9 Å². The number of carbonyl (C=O) groups is 1. The second kappa shape index (κ2) is 3.85. The molecule has 0 amide bonds. The summed E-state index contributed by atoms with van der Waals surface area (Å²) in [6, 6.07) is 2.80. The molecular formula is C10H10N4O3. The van der Waals surface area contributed by atoms with Crippen LogP contribution in [-0.4, -0.2) is 28.1 Å². The van der Waals surface area contributed by atoms with Crippen molar-refractivity contribution in [2.24, 2.45) is 7.05 Å². The van der Waals surface area contributed by atoms with Crippen LogP contribution in [0, 0.1) is 0 Å². The summed E-state index contributed by atoms with van der Waals surface area (Å²) in [5, 5.41) is 7.75. The van der Waals surface area contributed by atoms with Crippen LogP contribution in [0.3, 0.4) is 0 Å². The third kappa shape index (κ3) is 1.71. The molecule has 17 heavy (non-hydrogen) atoms. The number of esters is 1. The number of nitrogens with zero attached hydrogens (tertiary/aromatic N) is 3. The first-order valence-corrected chi connectivity index (χ1v) is 4.76. The molecule has 0 fully saturated rings. The third-order valence-corrected chi connectivity index (χ3v) is 2.38. The van der Waals surface area contributed by atoms with Gasteiger partial charge in [-0.25, -0.2) is 9.48 Å². The molecule has 0 aliphatic carbocycles. The van der Waals surface area contributed by atoms with Crippen molar-refractivity contribution in [3.8, 4) is 0 Å². The SMILES string of the molecule is COC(=O)c1cc2nnn(C)c(=O)c2cc1N. The van der Waals surface area contributed by atoms with Crippen LogP contribution in [0.25, 0.3) is 10.9 Å². The van der Waals surface area contributed by atoms with Gasteiger partial charge in [-0.3, -0.25) is 4.79 Å². The fraction of sp³-hybridized carbons (Fsp3) is 0.200.